The van der Waals surface area contributed by atoms with Crippen LogP contribution in [-0.4, -0.2) is 36.0 Å². The maximum Gasteiger partial charge on any atom is 0.303 e. The summed E-state index contributed by atoms with van der Waals surface area (Å²) in [6.45, 7) is 0. The van der Waals surface area contributed by atoms with Crippen LogP contribution in [0.5, 0.6) is 5.75 Å². The summed E-state index contributed by atoms with van der Waals surface area (Å²) < 4.78 is 5.10. The first-order chi connectivity index (χ1) is 16.0. The number of carbonyl (C=O) groups is 3. The molecule has 0 aliphatic rings. The molecule has 0 saturated carbocycles. The molecule has 0 fully saturated rings. The van der Waals surface area contributed by atoms with Crippen molar-refractivity contribution in [1.82, 2.24) is 10.6 Å². The highest BCUT2D eigenvalue weighted by Gasteiger charge is 2.26. The van der Waals surface area contributed by atoms with Crippen molar-refractivity contribution < 1.29 is 24.2 Å². The Kier molecular flexibility index (Phi) is 8.18. The first-order valence-electron chi connectivity index (χ1n) is 10.5. The average molecular weight is 447 g/mol. The van der Waals surface area contributed by atoms with Gasteiger partial charge < -0.3 is 20.5 Å². The van der Waals surface area contributed by atoms with Crippen LogP contribution in [0.1, 0.15) is 40.4 Å². The number of carboxylic acid groups (broad SMARTS) is 1. The van der Waals surface area contributed by atoms with Crippen molar-refractivity contribution in [2.75, 3.05) is 7.11 Å². The van der Waals surface area contributed by atoms with Gasteiger partial charge in [0.25, 0.3) is 5.91 Å². The van der Waals surface area contributed by atoms with Gasteiger partial charge in [0.15, 0.2) is 0 Å². The van der Waals surface area contributed by atoms with Gasteiger partial charge in [-0.3, -0.25) is 14.4 Å². The molecule has 0 heterocycles. The molecule has 3 N–H and O–H groups in total. The summed E-state index contributed by atoms with van der Waals surface area (Å²) in [7, 11) is 1.53. The fraction of sp³-hybridized carbons (Fsp3) is 0.192. The fourth-order valence-electron chi connectivity index (χ4n) is 3.41. The first kappa shape index (κ1) is 23.5. The zero-order valence-corrected chi connectivity index (χ0v) is 18.2. The summed E-state index contributed by atoms with van der Waals surface area (Å²) in [5, 5.41) is 14.8. The highest BCUT2D eigenvalue weighted by Crippen LogP contribution is 2.22. The van der Waals surface area contributed by atoms with E-state index >= 15 is 0 Å². The van der Waals surface area contributed by atoms with Crippen LogP contribution in [0.3, 0.4) is 0 Å². The van der Waals surface area contributed by atoms with Crippen LogP contribution >= 0.6 is 0 Å². The molecule has 1 unspecified atom stereocenters. The summed E-state index contributed by atoms with van der Waals surface area (Å²) in [5.41, 5.74) is 2.08. The molecule has 3 rings (SSSR count). The lowest BCUT2D eigenvalue weighted by Crippen LogP contribution is -2.48. The van der Waals surface area contributed by atoms with Crippen molar-refractivity contribution in [3.8, 4) is 5.75 Å². The number of hydrogen-bond acceptors (Lipinski definition) is 4. The molecule has 2 amide bonds. The smallest absolute Gasteiger partial charge is 0.303 e. The summed E-state index contributed by atoms with van der Waals surface area (Å²) in [4.78, 5) is 37.2. The minimum Gasteiger partial charge on any atom is -0.497 e. The SMILES string of the molecule is COc1ccc(C(=O)NC(CCC(=O)O)C(=O)NC(c2ccccc2)c2ccccc2)cc1. The minimum absolute atomic E-state index is 0.0423. The number of amides is 2. The van der Waals surface area contributed by atoms with Gasteiger partial charge in [-0.25, -0.2) is 0 Å². The molecular formula is C26H26N2O5. The van der Waals surface area contributed by atoms with E-state index in [2.05, 4.69) is 10.6 Å². The van der Waals surface area contributed by atoms with E-state index in [0.717, 1.165) is 11.1 Å². The lowest BCUT2D eigenvalue weighted by atomic mass is 9.98. The first-order valence-corrected chi connectivity index (χ1v) is 10.5. The molecular weight excluding hydrogens is 420 g/mol. The van der Waals surface area contributed by atoms with Crippen LogP contribution in [0.4, 0.5) is 0 Å². The van der Waals surface area contributed by atoms with Gasteiger partial charge in [-0.15, -0.1) is 0 Å². The van der Waals surface area contributed by atoms with E-state index in [1.807, 2.05) is 60.7 Å². The van der Waals surface area contributed by atoms with Gasteiger partial charge >= 0.3 is 5.97 Å². The molecule has 0 saturated heterocycles. The maximum absolute atomic E-state index is 13.2. The van der Waals surface area contributed by atoms with Crippen molar-refractivity contribution in [2.24, 2.45) is 0 Å². The lowest BCUT2D eigenvalue weighted by molar-refractivity contribution is -0.137. The highest BCUT2D eigenvalue weighted by molar-refractivity contribution is 5.97. The van der Waals surface area contributed by atoms with Crippen LogP contribution in [0.2, 0.25) is 0 Å². The Labute approximate surface area is 192 Å². The molecule has 0 aromatic heterocycles. The standard InChI is InChI=1S/C26H26N2O5/c1-33-21-14-12-20(13-15-21)25(31)27-22(16-17-23(29)30)26(32)28-24(18-8-4-2-5-9-18)19-10-6-3-7-11-19/h2-15,22,24H,16-17H2,1H3,(H,27,31)(H,28,32)(H,29,30). The van der Waals surface area contributed by atoms with Gasteiger partial charge in [-0.2, -0.15) is 0 Å². The molecule has 0 radical (unpaired) electrons. The van der Waals surface area contributed by atoms with Gasteiger partial charge in [0.05, 0.1) is 13.2 Å². The minimum atomic E-state index is -1.05. The molecule has 3 aromatic rings. The fourth-order valence-corrected chi connectivity index (χ4v) is 3.41. The Morgan fingerprint density at radius 3 is 1.85 bits per heavy atom. The third-order valence-electron chi connectivity index (χ3n) is 5.17. The second-order valence-electron chi connectivity index (χ2n) is 7.45. The van der Waals surface area contributed by atoms with E-state index in [-0.39, 0.29) is 12.8 Å². The van der Waals surface area contributed by atoms with Crippen LogP contribution in [-0.2, 0) is 9.59 Å². The van der Waals surface area contributed by atoms with Crippen molar-refractivity contribution in [1.29, 1.82) is 0 Å². The number of carboxylic acids is 1. The molecule has 33 heavy (non-hydrogen) atoms. The van der Waals surface area contributed by atoms with Crippen LogP contribution in [0.15, 0.2) is 84.9 Å². The Balaban J connectivity index is 1.81. The van der Waals surface area contributed by atoms with Crippen molar-refractivity contribution in [3.05, 3.63) is 102 Å². The summed E-state index contributed by atoms with van der Waals surface area (Å²) in [6, 6.07) is 23.9. The van der Waals surface area contributed by atoms with Gasteiger partial charge in [0.1, 0.15) is 11.8 Å². The van der Waals surface area contributed by atoms with E-state index in [1.54, 1.807) is 24.3 Å². The topological polar surface area (TPSA) is 105 Å². The second-order valence-corrected chi connectivity index (χ2v) is 7.45. The largest absolute Gasteiger partial charge is 0.497 e. The number of ether oxygens (including phenoxy) is 1. The number of aliphatic carboxylic acids is 1. The summed E-state index contributed by atoms with van der Waals surface area (Å²) >= 11 is 0. The predicted molar refractivity (Wildman–Crippen MR) is 124 cm³/mol. The van der Waals surface area contributed by atoms with Crippen molar-refractivity contribution >= 4 is 17.8 Å². The third kappa shape index (κ3) is 6.67. The molecule has 0 aliphatic carbocycles. The Morgan fingerprint density at radius 2 is 1.36 bits per heavy atom. The number of methoxy groups -OCH3 is 1. The molecule has 170 valence electrons. The van der Waals surface area contributed by atoms with E-state index in [1.165, 1.54) is 7.11 Å². The van der Waals surface area contributed by atoms with Gasteiger partial charge in [-0.05, 0) is 41.8 Å². The van der Waals surface area contributed by atoms with E-state index < -0.39 is 29.9 Å². The second kappa shape index (κ2) is 11.5. The highest BCUT2D eigenvalue weighted by atomic mass is 16.5. The third-order valence-corrected chi connectivity index (χ3v) is 5.17. The van der Waals surface area contributed by atoms with Crippen LogP contribution in [0, 0.1) is 0 Å². The zero-order chi connectivity index (χ0) is 23.6. The summed E-state index contributed by atoms with van der Waals surface area (Å²) in [6.07, 6.45) is -0.304. The quantitative estimate of drug-likeness (QED) is 0.442. The Hall–Kier alpha value is -4.13. The Bertz CT molecular complexity index is 1030. The molecule has 7 heteroatoms. The number of nitrogens with one attached hydrogen (secondary N) is 2. The summed E-state index contributed by atoms with van der Waals surface area (Å²) in [5.74, 6) is -1.38. The monoisotopic (exact) mass is 446 g/mol. The van der Waals surface area contributed by atoms with Crippen LogP contribution in [0.25, 0.3) is 0 Å². The van der Waals surface area contributed by atoms with Gasteiger partial charge in [0, 0.05) is 12.0 Å². The van der Waals surface area contributed by atoms with E-state index in [0.29, 0.717) is 11.3 Å². The number of hydrogen-bond donors (Lipinski definition) is 3. The van der Waals surface area contributed by atoms with E-state index in [4.69, 9.17) is 9.84 Å². The van der Waals surface area contributed by atoms with Crippen LogP contribution < -0.4 is 15.4 Å². The number of benzene rings is 3. The molecule has 0 spiro atoms. The predicted octanol–water partition coefficient (Wildman–Crippen LogP) is 3.56. The number of carbonyl (C=O) groups excluding carboxylic acids is 2. The van der Waals surface area contributed by atoms with Crippen molar-refractivity contribution in [2.45, 2.75) is 24.9 Å². The molecule has 0 bridgehead atoms. The maximum atomic E-state index is 13.2. The molecule has 0 aliphatic heterocycles. The average Bonchev–Trinajstić information content (AvgIpc) is 2.85. The lowest BCUT2D eigenvalue weighted by Gasteiger charge is -2.24. The normalized spacial score (nSPS) is 11.5. The van der Waals surface area contributed by atoms with Gasteiger partial charge in [0.2, 0.25) is 5.91 Å². The molecule has 1 atom stereocenters. The van der Waals surface area contributed by atoms with Gasteiger partial charge in [-0.1, -0.05) is 60.7 Å². The molecule has 3 aromatic carbocycles. The van der Waals surface area contributed by atoms with E-state index in [9.17, 15) is 14.4 Å². The number of rotatable bonds is 10. The zero-order valence-electron chi connectivity index (χ0n) is 18.2. The molecule has 7 nitrogen and oxygen atoms in total. The Morgan fingerprint density at radius 1 is 0.818 bits per heavy atom. The van der Waals surface area contributed by atoms with Crippen molar-refractivity contribution in [3.63, 3.8) is 0 Å².